The Balaban J connectivity index is 3.07. The molecule has 0 spiro atoms. The van der Waals surface area contributed by atoms with Crippen LogP contribution in [-0.2, 0) is 21.3 Å². The lowest BCUT2D eigenvalue weighted by atomic mass is 10.4. The minimum atomic E-state index is -3.52. The molecule has 0 aliphatic heterocycles. The Morgan fingerprint density at radius 3 is 2.67 bits per heavy atom. The maximum atomic E-state index is 12.8. The molecule has 0 bridgehead atoms. The van der Waals surface area contributed by atoms with Crippen molar-refractivity contribution in [2.75, 3.05) is 26.8 Å². The van der Waals surface area contributed by atoms with Crippen molar-refractivity contribution < 1.29 is 13.2 Å². The topological polar surface area (TPSA) is 58.6 Å². The molecule has 0 unspecified atom stereocenters. The van der Waals surface area contributed by atoms with Gasteiger partial charge in [0.25, 0.3) is 0 Å². The second-order valence-electron chi connectivity index (χ2n) is 4.83. The van der Waals surface area contributed by atoms with Crippen LogP contribution in [0.2, 0.25) is 0 Å². The summed E-state index contributed by atoms with van der Waals surface area (Å²) in [6, 6.07) is 1.63. The summed E-state index contributed by atoms with van der Waals surface area (Å²) in [5.74, 6) is 0. The van der Waals surface area contributed by atoms with Crippen LogP contribution >= 0.6 is 27.3 Å². The molecule has 5 nitrogen and oxygen atoms in total. The van der Waals surface area contributed by atoms with Crippen molar-refractivity contribution in [1.82, 2.24) is 9.62 Å². The molecule has 21 heavy (non-hydrogen) atoms. The quantitative estimate of drug-likeness (QED) is 0.694. The van der Waals surface area contributed by atoms with E-state index in [0.29, 0.717) is 28.4 Å². The lowest BCUT2D eigenvalue weighted by Gasteiger charge is -2.25. The van der Waals surface area contributed by atoms with E-state index in [2.05, 4.69) is 21.2 Å². The Bertz CT molecular complexity index is 544. The molecule has 0 amide bonds. The van der Waals surface area contributed by atoms with Crippen LogP contribution in [0.4, 0.5) is 0 Å². The van der Waals surface area contributed by atoms with Crippen LogP contribution in [0.15, 0.2) is 14.7 Å². The third-order valence-corrected chi connectivity index (χ3v) is 7.26. The second-order valence-corrected chi connectivity index (χ2v) is 9.15. The van der Waals surface area contributed by atoms with E-state index in [1.54, 1.807) is 13.2 Å². The Hall–Kier alpha value is 0.01000. The summed E-state index contributed by atoms with van der Waals surface area (Å²) in [4.78, 5) is 1.34. The molecule has 1 aromatic rings. The first-order valence-corrected chi connectivity index (χ1v) is 9.89. The Morgan fingerprint density at radius 2 is 2.14 bits per heavy atom. The fraction of sp³-hybridized carbons (Fsp3) is 0.692. The van der Waals surface area contributed by atoms with Crippen LogP contribution in [0.1, 0.15) is 25.6 Å². The standard InChI is InChI=1S/C13H23BrN2O3S2/c1-5-15-9-11-8-12(13(14)20-11)21(17,18)16(10(2)3)6-7-19-4/h8,10,15H,5-7,9H2,1-4H3. The molecular weight excluding hydrogens is 376 g/mol. The third kappa shape index (κ3) is 5.01. The van der Waals surface area contributed by atoms with E-state index in [1.165, 1.54) is 15.6 Å². The van der Waals surface area contributed by atoms with Gasteiger partial charge in [0.15, 0.2) is 0 Å². The van der Waals surface area contributed by atoms with Crippen molar-refractivity contribution in [3.05, 3.63) is 14.7 Å². The van der Waals surface area contributed by atoms with E-state index in [0.717, 1.165) is 11.4 Å². The van der Waals surface area contributed by atoms with Gasteiger partial charge < -0.3 is 10.1 Å². The van der Waals surface area contributed by atoms with Crippen LogP contribution in [0.3, 0.4) is 0 Å². The number of ether oxygens (including phenoxy) is 1. The fourth-order valence-corrected chi connectivity index (χ4v) is 6.10. The minimum Gasteiger partial charge on any atom is -0.383 e. The lowest BCUT2D eigenvalue weighted by molar-refractivity contribution is 0.171. The summed E-state index contributed by atoms with van der Waals surface area (Å²) in [7, 11) is -1.95. The number of nitrogens with zero attached hydrogens (tertiary/aromatic N) is 1. The van der Waals surface area contributed by atoms with Gasteiger partial charge in [0.1, 0.15) is 4.90 Å². The van der Waals surface area contributed by atoms with Gasteiger partial charge in [0.2, 0.25) is 10.0 Å². The number of methoxy groups -OCH3 is 1. The molecular formula is C13H23BrN2O3S2. The van der Waals surface area contributed by atoms with E-state index < -0.39 is 10.0 Å². The van der Waals surface area contributed by atoms with Gasteiger partial charge in [-0.25, -0.2) is 8.42 Å². The molecule has 0 saturated heterocycles. The molecule has 0 aromatic carbocycles. The highest BCUT2D eigenvalue weighted by Crippen LogP contribution is 2.34. The molecule has 0 aliphatic rings. The van der Waals surface area contributed by atoms with Crippen LogP contribution in [0.5, 0.6) is 0 Å². The lowest BCUT2D eigenvalue weighted by Crippen LogP contribution is -2.39. The monoisotopic (exact) mass is 398 g/mol. The SMILES string of the molecule is CCNCc1cc(S(=O)(=O)N(CCOC)C(C)C)c(Br)s1. The average Bonchev–Trinajstić information content (AvgIpc) is 2.78. The van der Waals surface area contributed by atoms with E-state index in [-0.39, 0.29) is 6.04 Å². The van der Waals surface area contributed by atoms with Crippen LogP contribution in [-0.4, -0.2) is 45.6 Å². The van der Waals surface area contributed by atoms with E-state index in [1.807, 2.05) is 20.8 Å². The first-order chi connectivity index (χ1) is 9.84. The zero-order valence-electron chi connectivity index (χ0n) is 12.8. The van der Waals surface area contributed by atoms with Crippen LogP contribution in [0, 0.1) is 0 Å². The van der Waals surface area contributed by atoms with Crippen LogP contribution < -0.4 is 5.32 Å². The molecule has 1 rings (SSSR count). The van der Waals surface area contributed by atoms with Gasteiger partial charge in [-0.05, 0) is 42.4 Å². The third-order valence-electron chi connectivity index (χ3n) is 2.93. The number of hydrogen-bond acceptors (Lipinski definition) is 5. The number of hydrogen-bond donors (Lipinski definition) is 1. The highest BCUT2D eigenvalue weighted by molar-refractivity contribution is 9.11. The van der Waals surface area contributed by atoms with E-state index in [9.17, 15) is 8.42 Å². The summed E-state index contributed by atoms with van der Waals surface area (Å²) >= 11 is 4.84. The molecule has 8 heteroatoms. The first-order valence-electron chi connectivity index (χ1n) is 6.84. The predicted molar refractivity (Wildman–Crippen MR) is 90.3 cm³/mol. The van der Waals surface area contributed by atoms with Gasteiger partial charge in [-0.15, -0.1) is 11.3 Å². The Kier molecular flexibility index (Phi) is 7.80. The molecule has 1 N–H and O–H groups in total. The zero-order valence-corrected chi connectivity index (χ0v) is 16.1. The highest BCUT2D eigenvalue weighted by atomic mass is 79.9. The number of nitrogens with one attached hydrogen (secondary N) is 1. The number of halogens is 1. The zero-order chi connectivity index (χ0) is 16.0. The van der Waals surface area contributed by atoms with E-state index >= 15 is 0 Å². The fourth-order valence-electron chi connectivity index (χ4n) is 1.87. The summed E-state index contributed by atoms with van der Waals surface area (Å²) in [5.41, 5.74) is 0. The van der Waals surface area contributed by atoms with Crippen molar-refractivity contribution in [1.29, 1.82) is 0 Å². The van der Waals surface area contributed by atoms with E-state index in [4.69, 9.17) is 4.74 Å². The Labute approximate surface area is 139 Å². The number of rotatable bonds is 9. The smallest absolute Gasteiger partial charge is 0.245 e. The van der Waals surface area contributed by atoms with Crippen molar-refractivity contribution in [2.24, 2.45) is 0 Å². The van der Waals surface area contributed by atoms with Gasteiger partial charge in [-0.1, -0.05) is 6.92 Å². The van der Waals surface area contributed by atoms with Gasteiger partial charge in [-0.2, -0.15) is 4.31 Å². The van der Waals surface area contributed by atoms with Crippen molar-refractivity contribution in [3.63, 3.8) is 0 Å². The van der Waals surface area contributed by atoms with Crippen molar-refractivity contribution >= 4 is 37.3 Å². The molecule has 0 saturated carbocycles. The summed E-state index contributed by atoms with van der Waals surface area (Å²) < 4.78 is 32.8. The summed E-state index contributed by atoms with van der Waals surface area (Å²) in [6.07, 6.45) is 0. The van der Waals surface area contributed by atoms with Crippen LogP contribution in [0.25, 0.3) is 0 Å². The van der Waals surface area contributed by atoms with Crippen molar-refractivity contribution in [2.45, 2.75) is 38.3 Å². The predicted octanol–water partition coefficient (Wildman–Crippen LogP) is 2.67. The van der Waals surface area contributed by atoms with Gasteiger partial charge in [-0.3, -0.25) is 0 Å². The average molecular weight is 399 g/mol. The molecule has 0 radical (unpaired) electrons. The first kappa shape index (κ1) is 19.1. The summed E-state index contributed by atoms with van der Waals surface area (Å²) in [6.45, 7) is 8.01. The molecule has 0 atom stereocenters. The molecule has 0 fully saturated rings. The molecule has 0 aliphatic carbocycles. The van der Waals surface area contributed by atoms with Crippen molar-refractivity contribution in [3.8, 4) is 0 Å². The summed E-state index contributed by atoms with van der Waals surface area (Å²) in [5, 5.41) is 3.20. The van der Waals surface area contributed by atoms with Gasteiger partial charge >= 0.3 is 0 Å². The largest absolute Gasteiger partial charge is 0.383 e. The van der Waals surface area contributed by atoms with Gasteiger partial charge in [0, 0.05) is 31.1 Å². The molecule has 122 valence electrons. The normalized spacial score (nSPS) is 12.5. The molecule has 1 aromatic heterocycles. The highest BCUT2D eigenvalue weighted by Gasteiger charge is 2.30. The maximum Gasteiger partial charge on any atom is 0.245 e. The molecule has 1 heterocycles. The second kappa shape index (κ2) is 8.59. The number of thiophene rings is 1. The maximum absolute atomic E-state index is 12.8. The minimum absolute atomic E-state index is 0.117. The van der Waals surface area contributed by atoms with Gasteiger partial charge in [0.05, 0.1) is 10.4 Å². The Morgan fingerprint density at radius 1 is 1.48 bits per heavy atom. The number of sulfonamides is 1.